The van der Waals surface area contributed by atoms with Crippen LogP contribution in [0.3, 0.4) is 0 Å². The smallest absolute Gasteiger partial charge is 0.159 e. The van der Waals surface area contributed by atoms with E-state index in [0.29, 0.717) is 0 Å². The Hall–Kier alpha value is -6.98. The lowest BCUT2D eigenvalue weighted by Gasteiger charge is -2.27. The highest BCUT2D eigenvalue weighted by Gasteiger charge is 2.25. The summed E-state index contributed by atoms with van der Waals surface area (Å²) >= 11 is 3.74. The van der Waals surface area contributed by atoms with Gasteiger partial charge >= 0.3 is 0 Å². The predicted octanol–water partition coefficient (Wildman–Crippen LogP) is 16.8. The number of nitrogens with zero attached hydrogens (tertiary/aromatic N) is 1. The Morgan fingerprint density at radius 1 is 0.362 bits per heavy atom. The van der Waals surface area contributed by atoms with Crippen molar-refractivity contribution < 1.29 is 4.42 Å². The van der Waals surface area contributed by atoms with Crippen molar-refractivity contribution in [3.05, 3.63) is 200 Å². The molecule has 0 saturated carbocycles. The largest absolute Gasteiger partial charge is 0.454 e. The average molecular weight is 776 g/mol. The van der Waals surface area contributed by atoms with Gasteiger partial charge in [0.05, 0.1) is 11.4 Å². The highest BCUT2D eigenvalue weighted by atomic mass is 32.1. The van der Waals surface area contributed by atoms with Gasteiger partial charge < -0.3 is 9.32 Å². The molecular formula is C54H33NOS2. The zero-order valence-corrected chi connectivity index (χ0v) is 32.9. The number of rotatable bonds is 6. The summed E-state index contributed by atoms with van der Waals surface area (Å²) in [4.78, 5) is 2.45. The standard InChI is InChI=1S/C54H33NOS2/c1-4-14-34(15-5-1)37-26-28-43-50(32-37)58-54-40(36-18-8-3-9-19-36)29-30-45(52(43)54)55(46-23-12-22-42-41-20-10-11-24-47(41)56-53(42)46)38-27-31-48-44(33-38)51-39(21-13-25-49(51)57-48)35-16-6-2-7-17-35/h1-33H. The molecule has 0 unspecified atom stereocenters. The number of hydrogen-bond donors (Lipinski definition) is 0. The minimum atomic E-state index is 0.870. The molecule has 12 rings (SSSR count). The highest BCUT2D eigenvalue weighted by Crippen LogP contribution is 2.51. The van der Waals surface area contributed by atoms with Crippen LogP contribution in [-0.2, 0) is 0 Å². The molecule has 0 radical (unpaired) electrons. The van der Waals surface area contributed by atoms with Crippen LogP contribution in [0.15, 0.2) is 205 Å². The molecule has 3 heterocycles. The van der Waals surface area contributed by atoms with Gasteiger partial charge in [-0.05, 0) is 81.9 Å². The van der Waals surface area contributed by atoms with E-state index >= 15 is 0 Å². The van der Waals surface area contributed by atoms with Gasteiger partial charge in [-0.2, -0.15) is 0 Å². The molecule has 0 aliphatic rings. The maximum Gasteiger partial charge on any atom is 0.159 e. The second-order valence-electron chi connectivity index (χ2n) is 14.8. The summed E-state index contributed by atoms with van der Waals surface area (Å²) < 4.78 is 11.9. The maximum atomic E-state index is 6.83. The number of fused-ring (bicyclic) bond motifs is 9. The van der Waals surface area contributed by atoms with E-state index in [1.165, 1.54) is 73.7 Å². The Morgan fingerprint density at radius 3 is 1.88 bits per heavy atom. The van der Waals surface area contributed by atoms with Crippen molar-refractivity contribution >= 4 is 102 Å². The van der Waals surface area contributed by atoms with E-state index in [0.717, 1.165) is 39.0 Å². The summed E-state index contributed by atoms with van der Waals surface area (Å²) in [7, 11) is 0. The van der Waals surface area contributed by atoms with Gasteiger partial charge in [-0.3, -0.25) is 0 Å². The van der Waals surface area contributed by atoms with Gasteiger partial charge in [0.2, 0.25) is 0 Å². The van der Waals surface area contributed by atoms with E-state index in [2.05, 4.69) is 205 Å². The van der Waals surface area contributed by atoms with Crippen LogP contribution in [0.25, 0.3) is 95.7 Å². The maximum absolute atomic E-state index is 6.83. The van der Waals surface area contributed by atoms with Gasteiger partial charge in [0.1, 0.15) is 5.58 Å². The first-order chi connectivity index (χ1) is 28.8. The number of anilines is 3. The fourth-order valence-electron chi connectivity index (χ4n) is 8.83. The van der Waals surface area contributed by atoms with Crippen molar-refractivity contribution in [1.82, 2.24) is 0 Å². The first kappa shape index (κ1) is 33.2. The number of thiophene rings is 2. The Balaban J connectivity index is 1.18. The number of para-hydroxylation sites is 2. The molecule has 58 heavy (non-hydrogen) atoms. The summed E-state index contributed by atoms with van der Waals surface area (Å²) in [6.45, 7) is 0. The van der Waals surface area contributed by atoms with Gasteiger partial charge in [0.25, 0.3) is 0 Å². The van der Waals surface area contributed by atoms with Gasteiger partial charge in [-0.1, -0.05) is 152 Å². The Labute approximate surface area is 343 Å². The van der Waals surface area contributed by atoms with Crippen molar-refractivity contribution in [2.75, 3.05) is 4.90 Å². The minimum absolute atomic E-state index is 0.870. The second-order valence-corrected chi connectivity index (χ2v) is 16.9. The van der Waals surface area contributed by atoms with Crippen LogP contribution in [-0.4, -0.2) is 0 Å². The van der Waals surface area contributed by atoms with Gasteiger partial charge in [0.15, 0.2) is 5.58 Å². The number of benzene rings is 9. The van der Waals surface area contributed by atoms with Crippen LogP contribution < -0.4 is 4.90 Å². The van der Waals surface area contributed by atoms with E-state index in [1.807, 2.05) is 22.7 Å². The lowest BCUT2D eigenvalue weighted by Crippen LogP contribution is -2.10. The summed E-state index contributed by atoms with van der Waals surface area (Å²) in [5.41, 5.74) is 12.3. The number of hydrogen-bond acceptors (Lipinski definition) is 4. The third-order valence-corrected chi connectivity index (χ3v) is 13.8. The second kappa shape index (κ2) is 13.3. The van der Waals surface area contributed by atoms with Crippen LogP contribution in [0.2, 0.25) is 0 Å². The monoisotopic (exact) mass is 775 g/mol. The molecule has 272 valence electrons. The Kier molecular flexibility index (Phi) is 7.62. The zero-order valence-electron chi connectivity index (χ0n) is 31.2. The molecule has 0 fully saturated rings. The highest BCUT2D eigenvalue weighted by molar-refractivity contribution is 7.26. The molecule has 0 saturated heterocycles. The molecule has 0 bridgehead atoms. The van der Waals surface area contributed by atoms with Crippen molar-refractivity contribution in [2.24, 2.45) is 0 Å². The summed E-state index contributed by atoms with van der Waals surface area (Å²) in [5, 5.41) is 7.23. The molecule has 0 amide bonds. The van der Waals surface area contributed by atoms with Crippen molar-refractivity contribution in [3.63, 3.8) is 0 Å². The van der Waals surface area contributed by atoms with E-state index in [4.69, 9.17) is 4.42 Å². The SMILES string of the molecule is c1ccc(-c2ccc3c(c2)sc2c(-c4ccccc4)ccc(N(c4ccc5sc6cccc(-c7ccccc7)c6c5c4)c4cccc5c4oc4ccccc45)c23)cc1. The third-order valence-electron chi connectivity index (χ3n) is 11.5. The minimum Gasteiger partial charge on any atom is -0.454 e. The van der Waals surface area contributed by atoms with Crippen LogP contribution in [0.4, 0.5) is 17.1 Å². The molecular weight excluding hydrogens is 743 g/mol. The summed E-state index contributed by atoms with van der Waals surface area (Å²) in [6.07, 6.45) is 0. The normalized spacial score (nSPS) is 11.8. The van der Waals surface area contributed by atoms with Crippen LogP contribution in [0.1, 0.15) is 0 Å². The zero-order chi connectivity index (χ0) is 38.2. The average Bonchev–Trinajstić information content (AvgIpc) is 3.99. The molecule has 0 aliphatic carbocycles. The molecule has 0 aliphatic heterocycles. The van der Waals surface area contributed by atoms with Crippen LogP contribution >= 0.6 is 22.7 Å². The van der Waals surface area contributed by atoms with E-state index in [9.17, 15) is 0 Å². The fourth-order valence-corrected chi connectivity index (χ4v) is 11.2. The lowest BCUT2D eigenvalue weighted by atomic mass is 9.98. The number of furan rings is 1. The fraction of sp³-hybridized carbons (Fsp3) is 0. The molecule has 2 nitrogen and oxygen atoms in total. The topological polar surface area (TPSA) is 16.4 Å². The van der Waals surface area contributed by atoms with Gasteiger partial charge in [-0.15, -0.1) is 22.7 Å². The summed E-state index contributed by atoms with van der Waals surface area (Å²) in [5.74, 6) is 0. The predicted molar refractivity (Wildman–Crippen MR) is 250 cm³/mol. The summed E-state index contributed by atoms with van der Waals surface area (Å²) in [6, 6.07) is 72.5. The Bertz CT molecular complexity index is 3510. The van der Waals surface area contributed by atoms with E-state index in [1.54, 1.807) is 0 Å². The van der Waals surface area contributed by atoms with Gasteiger partial charge in [0, 0.05) is 56.8 Å². The third kappa shape index (κ3) is 5.23. The van der Waals surface area contributed by atoms with Crippen LogP contribution in [0.5, 0.6) is 0 Å². The first-order valence-corrected chi connectivity index (χ1v) is 21.2. The van der Waals surface area contributed by atoms with Crippen molar-refractivity contribution in [1.29, 1.82) is 0 Å². The first-order valence-electron chi connectivity index (χ1n) is 19.6. The van der Waals surface area contributed by atoms with E-state index < -0.39 is 0 Å². The molecule has 0 N–H and O–H groups in total. The quantitative estimate of drug-likeness (QED) is 0.167. The molecule has 9 aromatic carbocycles. The van der Waals surface area contributed by atoms with Crippen molar-refractivity contribution in [3.8, 4) is 33.4 Å². The molecule has 4 heteroatoms. The van der Waals surface area contributed by atoms with Crippen molar-refractivity contribution in [2.45, 2.75) is 0 Å². The van der Waals surface area contributed by atoms with Crippen LogP contribution in [0, 0.1) is 0 Å². The molecule has 0 spiro atoms. The molecule has 3 aromatic heterocycles. The van der Waals surface area contributed by atoms with Gasteiger partial charge in [-0.25, -0.2) is 0 Å². The molecule has 12 aromatic rings. The lowest BCUT2D eigenvalue weighted by molar-refractivity contribution is 0.669. The Morgan fingerprint density at radius 2 is 1.07 bits per heavy atom. The van der Waals surface area contributed by atoms with E-state index in [-0.39, 0.29) is 0 Å². The molecule has 0 atom stereocenters.